The molecule has 10 heteroatoms. The molecular weight excluding hydrogens is 432 g/mol. The molecule has 0 unspecified atom stereocenters. The smallest absolute Gasteiger partial charge is 0.316 e. The standard InChI is InChI=1S/C22H22N4O5S/c1-2-31-19-10-8-16(9-11-19)26-32(29,30)20-12-6-15(7-13-20)21(27)24-17-4-3-5-18(14-17)25-22(23)28/h3-14,26H,2H2,1H3,(H,24,27)(H3,23,25,28). The summed E-state index contributed by atoms with van der Waals surface area (Å²) >= 11 is 0. The van der Waals surface area contributed by atoms with Gasteiger partial charge in [-0.1, -0.05) is 6.07 Å². The SMILES string of the molecule is CCOc1ccc(NS(=O)(=O)c2ccc(C(=O)Nc3cccc(NC(N)=O)c3)cc2)cc1. The largest absolute Gasteiger partial charge is 0.494 e. The second kappa shape index (κ2) is 9.84. The highest BCUT2D eigenvalue weighted by Gasteiger charge is 2.15. The summed E-state index contributed by atoms with van der Waals surface area (Å²) in [5, 5.41) is 5.10. The van der Waals surface area contributed by atoms with Crippen molar-refractivity contribution in [1.82, 2.24) is 0 Å². The summed E-state index contributed by atoms with van der Waals surface area (Å²) in [6, 6.07) is 17.8. The summed E-state index contributed by atoms with van der Waals surface area (Å²) in [5.74, 6) is 0.200. The maximum atomic E-state index is 12.6. The van der Waals surface area contributed by atoms with Crippen molar-refractivity contribution >= 4 is 39.0 Å². The highest BCUT2D eigenvalue weighted by Crippen LogP contribution is 2.21. The van der Waals surface area contributed by atoms with E-state index < -0.39 is 22.0 Å². The molecule has 0 aromatic heterocycles. The normalized spacial score (nSPS) is 10.8. The van der Waals surface area contributed by atoms with E-state index in [0.29, 0.717) is 29.4 Å². The monoisotopic (exact) mass is 454 g/mol. The molecule has 3 aromatic rings. The Balaban J connectivity index is 1.68. The first-order chi connectivity index (χ1) is 15.3. The molecule has 0 fully saturated rings. The zero-order valence-corrected chi connectivity index (χ0v) is 18.0. The number of anilines is 3. The van der Waals surface area contributed by atoms with Gasteiger partial charge < -0.3 is 21.1 Å². The van der Waals surface area contributed by atoms with E-state index in [4.69, 9.17) is 10.5 Å². The Hall–Kier alpha value is -4.05. The molecule has 0 radical (unpaired) electrons. The van der Waals surface area contributed by atoms with Crippen LogP contribution in [0.4, 0.5) is 21.9 Å². The van der Waals surface area contributed by atoms with Crippen LogP contribution in [0, 0.1) is 0 Å². The molecule has 0 saturated heterocycles. The summed E-state index contributed by atoms with van der Waals surface area (Å²) < 4.78 is 33.1. The number of amides is 3. The Kier molecular flexibility index (Phi) is 6.96. The van der Waals surface area contributed by atoms with Crippen molar-refractivity contribution in [3.63, 3.8) is 0 Å². The van der Waals surface area contributed by atoms with Gasteiger partial charge in [0.05, 0.1) is 11.5 Å². The van der Waals surface area contributed by atoms with Crippen LogP contribution in [-0.4, -0.2) is 27.0 Å². The summed E-state index contributed by atoms with van der Waals surface area (Å²) in [6.07, 6.45) is 0. The lowest BCUT2D eigenvalue weighted by molar-refractivity contribution is 0.102. The zero-order chi connectivity index (χ0) is 23.1. The number of nitrogens with one attached hydrogen (secondary N) is 3. The molecular formula is C22H22N4O5S. The van der Waals surface area contributed by atoms with Crippen LogP contribution in [0.3, 0.4) is 0 Å². The van der Waals surface area contributed by atoms with Gasteiger partial charge in [-0.3, -0.25) is 9.52 Å². The number of primary amides is 1. The third-order valence-corrected chi connectivity index (χ3v) is 5.63. The van der Waals surface area contributed by atoms with Gasteiger partial charge in [-0.15, -0.1) is 0 Å². The van der Waals surface area contributed by atoms with Crippen molar-refractivity contribution in [2.24, 2.45) is 5.73 Å². The number of hydrogen-bond donors (Lipinski definition) is 4. The van der Waals surface area contributed by atoms with Crippen LogP contribution in [-0.2, 0) is 10.0 Å². The second-order valence-corrected chi connectivity index (χ2v) is 8.29. The molecule has 5 N–H and O–H groups in total. The molecule has 0 aliphatic heterocycles. The lowest BCUT2D eigenvalue weighted by Crippen LogP contribution is -2.19. The first-order valence-electron chi connectivity index (χ1n) is 9.60. The molecule has 0 atom stereocenters. The van der Waals surface area contributed by atoms with E-state index in [2.05, 4.69) is 15.4 Å². The van der Waals surface area contributed by atoms with Gasteiger partial charge in [0.25, 0.3) is 15.9 Å². The van der Waals surface area contributed by atoms with Crippen molar-refractivity contribution in [3.05, 3.63) is 78.4 Å². The highest BCUT2D eigenvalue weighted by molar-refractivity contribution is 7.92. The molecule has 3 aromatic carbocycles. The molecule has 0 saturated carbocycles. The molecule has 0 heterocycles. The Labute approximate surface area is 185 Å². The molecule has 3 amide bonds. The third-order valence-electron chi connectivity index (χ3n) is 4.23. The minimum absolute atomic E-state index is 0.00981. The Morgan fingerprint density at radius 2 is 1.50 bits per heavy atom. The minimum atomic E-state index is -3.83. The summed E-state index contributed by atoms with van der Waals surface area (Å²) in [7, 11) is -3.83. The predicted molar refractivity (Wildman–Crippen MR) is 122 cm³/mol. The molecule has 3 rings (SSSR count). The first kappa shape index (κ1) is 22.6. The van der Waals surface area contributed by atoms with Crippen LogP contribution in [0.25, 0.3) is 0 Å². The number of hydrogen-bond acceptors (Lipinski definition) is 5. The molecule has 9 nitrogen and oxygen atoms in total. The van der Waals surface area contributed by atoms with Gasteiger partial charge in [0.2, 0.25) is 0 Å². The number of carbonyl (C=O) groups excluding carboxylic acids is 2. The number of rotatable bonds is 8. The fraction of sp³-hybridized carbons (Fsp3) is 0.0909. The lowest BCUT2D eigenvalue weighted by atomic mass is 10.2. The van der Waals surface area contributed by atoms with E-state index in [1.807, 2.05) is 6.92 Å². The maximum absolute atomic E-state index is 12.6. The lowest BCUT2D eigenvalue weighted by Gasteiger charge is -2.10. The quantitative estimate of drug-likeness (QED) is 0.411. The van der Waals surface area contributed by atoms with Gasteiger partial charge >= 0.3 is 6.03 Å². The molecule has 0 bridgehead atoms. The van der Waals surface area contributed by atoms with Crippen LogP contribution >= 0.6 is 0 Å². The molecule has 0 spiro atoms. The van der Waals surface area contributed by atoms with E-state index in [1.54, 1.807) is 48.5 Å². The second-order valence-electron chi connectivity index (χ2n) is 6.61. The molecule has 0 aliphatic carbocycles. The van der Waals surface area contributed by atoms with E-state index >= 15 is 0 Å². The van der Waals surface area contributed by atoms with E-state index in [1.165, 1.54) is 24.3 Å². The van der Waals surface area contributed by atoms with Gasteiger partial charge in [-0.05, 0) is 73.7 Å². The Morgan fingerprint density at radius 1 is 0.875 bits per heavy atom. The fourth-order valence-electron chi connectivity index (χ4n) is 2.81. The van der Waals surface area contributed by atoms with Gasteiger partial charge in [0.15, 0.2) is 0 Å². The van der Waals surface area contributed by atoms with E-state index in [-0.39, 0.29) is 10.5 Å². The van der Waals surface area contributed by atoms with Crippen LogP contribution in [0.2, 0.25) is 0 Å². The van der Waals surface area contributed by atoms with Crippen LogP contribution in [0.15, 0.2) is 77.7 Å². The number of sulfonamides is 1. The average molecular weight is 455 g/mol. The zero-order valence-electron chi connectivity index (χ0n) is 17.2. The van der Waals surface area contributed by atoms with Gasteiger partial charge in [0, 0.05) is 22.6 Å². The van der Waals surface area contributed by atoms with Gasteiger partial charge in [0.1, 0.15) is 5.75 Å². The van der Waals surface area contributed by atoms with Crippen LogP contribution in [0.5, 0.6) is 5.75 Å². The number of urea groups is 1. The Morgan fingerprint density at radius 3 is 2.09 bits per heavy atom. The first-order valence-corrected chi connectivity index (χ1v) is 11.1. The number of carbonyl (C=O) groups is 2. The third kappa shape index (κ3) is 5.99. The topological polar surface area (TPSA) is 140 Å². The number of nitrogens with two attached hydrogens (primary N) is 1. The van der Waals surface area contributed by atoms with E-state index in [9.17, 15) is 18.0 Å². The summed E-state index contributed by atoms with van der Waals surface area (Å²) in [6.45, 7) is 2.37. The van der Waals surface area contributed by atoms with Crippen molar-refractivity contribution in [2.75, 3.05) is 22.0 Å². The van der Waals surface area contributed by atoms with Crippen molar-refractivity contribution < 1.29 is 22.7 Å². The summed E-state index contributed by atoms with van der Waals surface area (Å²) in [4.78, 5) is 23.5. The minimum Gasteiger partial charge on any atom is -0.494 e. The van der Waals surface area contributed by atoms with E-state index in [0.717, 1.165) is 0 Å². The van der Waals surface area contributed by atoms with Crippen LogP contribution in [0.1, 0.15) is 17.3 Å². The van der Waals surface area contributed by atoms with Gasteiger partial charge in [-0.25, -0.2) is 13.2 Å². The molecule has 32 heavy (non-hydrogen) atoms. The Bertz CT molecular complexity index is 1210. The fourth-order valence-corrected chi connectivity index (χ4v) is 3.86. The van der Waals surface area contributed by atoms with Crippen LogP contribution < -0.4 is 25.8 Å². The average Bonchev–Trinajstić information content (AvgIpc) is 2.75. The van der Waals surface area contributed by atoms with Gasteiger partial charge in [-0.2, -0.15) is 0 Å². The molecule has 0 aliphatic rings. The molecule has 166 valence electrons. The van der Waals surface area contributed by atoms with Crippen molar-refractivity contribution in [3.8, 4) is 5.75 Å². The summed E-state index contributed by atoms with van der Waals surface area (Å²) in [5.41, 5.74) is 6.61. The van der Waals surface area contributed by atoms with Crippen molar-refractivity contribution in [1.29, 1.82) is 0 Å². The predicted octanol–water partition coefficient (Wildman–Crippen LogP) is 3.63. The van der Waals surface area contributed by atoms with Crippen molar-refractivity contribution in [2.45, 2.75) is 11.8 Å². The maximum Gasteiger partial charge on any atom is 0.316 e. The highest BCUT2D eigenvalue weighted by atomic mass is 32.2. The number of benzene rings is 3. The number of ether oxygens (including phenoxy) is 1.